The second-order valence-corrected chi connectivity index (χ2v) is 8.42. The Bertz CT molecular complexity index is 433. The number of nitrogens with one attached hydrogen (secondary N) is 2. The van der Waals surface area contributed by atoms with Gasteiger partial charge >= 0.3 is 8.97 Å². The molecule has 0 atom stereocenters. The van der Waals surface area contributed by atoms with E-state index in [-0.39, 0.29) is 0 Å². The molecule has 16 heteroatoms. The Morgan fingerprint density at radius 2 is 1.09 bits per heavy atom. The van der Waals surface area contributed by atoms with E-state index in [1.165, 1.54) is 0 Å². The number of carboxylic acids is 4. The number of aliphatic carboxylic acids is 4. The predicted octanol–water partition coefficient (Wildman–Crippen LogP) is -1.03. The number of hydrogen-bond acceptors (Lipinski definition) is 11. The summed E-state index contributed by atoms with van der Waals surface area (Å²) >= 11 is 0. The van der Waals surface area contributed by atoms with E-state index in [2.05, 4.69) is 10.3 Å². The molecule has 0 amide bonds. The highest BCUT2D eigenvalue weighted by molar-refractivity contribution is 6.57. The minimum Gasteiger partial charge on any atom is -0.481 e. The van der Waals surface area contributed by atoms with Gasteiger partial charge in [-0.2, -0.15) is 0 Å². The van der Waals surface area contributed by atoms with Crippen LogP contribution in [0.25, 0.3) is 0 Å². The second kappa shape index (κ2) is 33.0. The van der Waals surface area contributed by atoms with Crippen LogP contribution in [-0.2, 0) is 32.5 Å². The van der Waals surface area contributed by atoms with E-state index in [9.17, 15) is 0 Å². The summed E-state index contributed by atoms with van der Waals surface area (Å²) < 4.78 is 16.5. The van der Waals surface area contributed by atoms with Crippen molar-refractivity contribution in [1.29, 1.82) is 0 Å². The topological polar surface area (TPSA) is 253 Å². The molecule has 0 spiro atoms. The Morgan fingerprint density at radius 1 is 0.706 bits per heavy atom. The van der Waals surface area contributed by atoms with Crippen LogP contribution in [0.1, 0.15) is 40.5 Å². The van der Waals surface area contributed by atoms with Gasteiger partial charge in [-0.15, -0.1) is 0 Å². The maximum Gasteiger partial charge on any atom is 0.596 e. The summed E-state index contributed by atoms with van der Waals surface area (Å²) in [6.45, 7) is 8.54. The highest BCUT2D eigenvalue weighted by Gasteiger charge is 2.39. The summed E-state index contributed by atoms with van der Waals surface area (Å²) in [5.41, 5.74) is 10.8. The van der Waals surface area contributed by atoms with Gasteiger partial charge in [-0.05, 0) is 19.4 Å². The molecule has 10 N–H and O–H groups in total. The van der Waals surface area contributed by atoms with Crippen molar-refractivity contribution in [2.24, 2.45) is 11.5 Å². The summed E-state index contributed by atoms with van der Waals surface area (Å²) in [6.07, 6.45) is 1.85. The zero-order chi connectivity index (χ0) is 28.0. The lowest BCUT2D eigenvalue weighted by Crippen LogP contribution is -2.59. The molecule has 0 rings (SSSR count). The summed E-state index contributed by atoms with van der Waals surface area (Å²) in [4.78, 5) is 39.2. The van der Waals surface area contributed by atoms with Crippen molar-refractivity contribution in [2.45, 2.75) is 40.5 Å². The SMILES string of the molecule is CC(=O)O.CC(=O)O.CC(=O)O.CC(=O)O.CO[Si](NCCNCCN)(OC)OCCCCN. The zero-order valence-electron chi connectivity index (χ0n) is 21.0. The Labute approximate surface area is 202 Å². The van der Waals surface area contributed by atoms with Crippen LogP contribution in [-0.4, -0.2) is 107 Å². The first-order chi connectivity index (χ1) is 15.7. The Morgan fingerprint density at radius 3 is 1.38 bits per heavy atom. The number of carboxylic acid groups (broad SMARTS) is 4. The zero-order valence-corrected chi connectivity index (χ0v) is 22.0. The van der Waals surface area contributed by atoms with Crippen molar-refractivity contribution in [3.63, 3.8) is 0 Å². The lowest BCUT2D eigenvalue weighted by atomic mass is 10.3. The van der Waals surface area contributed by atoms with Crippen LogP contribution in [0.2, 0.25) is 0 Å². The average Bonchev–Trinajstić information content (AvgIpc) is 2.68. The fraction of sp³-hybridized carbons (Fsp3) is 0.778. The lowest BCUT2D eigenvalue weighted by molar-refractivity contribution is -0.135. The van der Waals surface area contributed by atoms with Crippen molar-refractivity contribution >= 4 is 32.8 Å². The van der Waals surface area contributed by atoms with Crippen LogP contribution in [0, 0.1) is 0 Å². The van der Waals surface area contributed by atoms with E-state index >= 15 is 0 Å². The van der Waals surface area contributed by atoms with Gasteiger partial charge < -0.3 is 50.5 Å². The predicted molar refractivity (Wildman–Crippen MR) is 127 cm³/mol. The van der Waals surface area contributed by atoms with E-state index in [4.69, 9.17) is 64.3 Å². The Kier molecular flexibility index (Phi) is 40.8. The minimum absolute atomic E-state index is 0.592. The molecular formula is C18H44N4O11Si. The first-order valence-corrected chi connectivity index (χ1v) is 11.8. The molecule has 0 unspecified atom stereocenters. The lowest BCUT2D eigenvalue weighted by Gasteiger charge is -2.26. The normalized spacial score (nSPS) is 9.29. The molecule has 0 saturated heterocycles. The molecule has 0 aliphatic heterocycles. The standard InChI is InChI=1S/C10H28N4O3Si.4C2H4O2/c1-15-18(16-2,17-10-4-3-5-11)14-9-8-13-7-6-12;4*1-2(3)4/h13-14H,3-12H2,1-2H3;4*1H3,(H,3,4). The molecule has 15 nitrogen and oxygen atoms in total. The molecule has 0 aromatic carbocycles. The molecule has 34 heavy (non-hydrogen) atoms. The molecule has 0 saturated carbocycles. The number of rotatable bonds is 13. The van der Waals surface area contributed by atoms with E-state index in [1.807, 2.05) is 0 Å². The number of carbonyl (C=O) groups is 4. The third-order valence-electron chi connectivity index (χ3n) is 2.39. The van der Waals surface area contributed by atoms with Crippen molar-refractivity contribution in [3.8, 4) is 0 Å². The third-order valence-corrected chi connectivity index (χ3v) is 4.73. The highest BCUT2D eigenvalue weighted by atomic mass is 28.4. The molecular weight excluding hydrogens is 476 g/mol. The van der Waals surface area contributed by atoms with Gasteiger partial charge in [0.2, 0.25) is 0 Å². The van der Waals surface area contributed by atoms with Gasteiger partial charge in [0.05, 0.1) is 0 Å². The second-order valence-electron chi connectivity index (χ2n) is 5.85. The molecule has 206 valence electrons. The van der Waals surface area contributed by atoms with Crippen molar-refractivity contribution in [1.82, 2.24) is 10.3 Å². The van der Waals surface area contributed by atoms with Gasteiger partial charge in [-0.1, -0.05) is 0 Å². The summed E-state index contributed by atoms with van der Waals surface area (Å²) in [5.74, 6) is -3.33. The molecule has 0 aromatic rings. The number of hydrogen-bond donors (Lipinski definition) is 8. The summed E-state index contributed by atoms with van der Waals surface area (Å²) in [6, 6.07) is 0. The average molecular weight is 521 g/mol. The molecule has 0 aliphatic carbocycles. The summed E-state index contributed by atoms with van der Waals surface area (Å²) in [7, 11) is 0.477. The van der Waals surface area contributed by atoms with Gasteiger partial charge in [0, 0.05) is 74.7 Å². The molecule has 0 aliphatic rings. The van der Waals surface area contributed by atoms with E-state index in [0.29, 0.717) is 26.2 Å². The van der Waals surface area contributed by atoms with Gasteiger partial charge in [0.1, 0.15) is 0 Å². The van der Waals surface area contributed by atoms with Gasteiger partial charge in [-0.3, -0.25) is 24.2 Å². The maximum atomic E-state index is 9.00. The fourth-order valence-corrected chi connectivity index (χ4v) is 3.02. The van der Waals surface area contributed by atoms with Gasteiger partial charge in [0.25, 0.3) is 23.9 Å². The van der Waals surface area contributed by atoms with Crippen LogP contribution >= 0.6 is 0 Å². The minimum atomic E-state index is -2.72. The summed E-state index contributed by atoms with van der Waals surface area (Å²) in [5, 5.41) is 32.9. The quantitative estimate of drug-likeness (QED) is 0.107. The highest BCUT2D eigenvalue weighted by Crippen LogP contribution is 2.04. The molecule has 0 heterocycles. The smallest absolute Gasteiger partial charge is 0.481 e. The molecule has 0 bridgehead atoms. The Balaban J connectivity index is -0.000000141. The largest absolute Gasteiger partial charge is 0.596 e. The van der Waals surface area contributed by atoms with Crippen molar-refractivity contribution in [3.05, 3.63) is 0 Å². The van der Waals surface area contributed by atoms with Gasteiger partial charge in [-0.25, -0.2) is 0 Å². The van der Waals surface area contributed by atoms with Crippen LogP contribution in [0.3, 0.4) is 0 Å². The van der Waals surface area contributed by atoms with Crippen LogP contribution in [0.5, 0.6) is 0 Å². The van der Waals surface area contributed by atoms with Crippen molar-refractivity contribution < 1.29 is 52.9 Å². The first kappa shape index (κ1) is 42.0. The monoisotopic (exact) mass is 520 g/mol. The maximum absolute atomic E-state index is 9.00. The van der Waals surface area contributed by atoms with E-state index in [1.54, 1.807) is 14.2 Å². The van der Waals surface area contributed by atoms with E-state index < -0.39 is 32.8 Å². The third kappa shape index (κ3) is 69.9. The fourth-order valence-electron chi connectivity index (χ4n) is 1.38. The van der Waals surface area contributed by atoms with Gasteiger partial charge in [0.15, 0.2) is 0 Å². The van der Waals surface area contributed by atoms with Crippen molar-refractivity contribution in [2.75, 3.05) is 53.6 Å². The van der Waals surface area contributed by atoms with Crippen LogP contribution in [0.15, 0.2) is 0 Å². The first-order valence-electron chi connectivity index (χ1n) is 10.1. The van der Waals surface area contributed by atoms with Crippen LogP contribution < -0.4 is 21.8 Å². The number of unbranched alkanes of at least 4 members (excludes halogenated alkanes) is 1. The van der Waals surface area contributed by atoms with Crippen LogP contribution in [0.4, 0.5) is 0 Å². The Hall–Kier alpha value is -2.18. The molecule has 0 fully saturated rings. The molecule has 0 radical (unpaired) electrons. The molecule has 0 aromatic heterocycles. The number of nitrogens with two attached hydrogens (primary N) is 2. The van der Waals surface area contributed by atoms with E-state index in [0.717, 1.165) is 53.6 Å².